The van der Waals surface area contributed by atoms with Gasteiger partial charge in [0.1, 0.15) is 0 Å². The number of allylic oxidation sites excluding steroid dienone is 1. The molecule has 0 nitrogen and oxygen atoms in total. The Balaban J connectivity index is 2.50. The van der Waals surface area contributed by atoms with E-state index in [1.165, 1.54) is 24.8 Å². The Hall–Kier alpha value is -0.260. The molecule has 1 saturated carbocycles. The average molecular weight is 152 g/mol. The molecule has 0 amide bonds. The van der Waals surface area contributed by atoms with Gasteiger partial charge in [-0.25, -0.2) is 0 Å². The van der Waals surface area contributed by atoms with Crippen molar-refractivity contribution in [1.82, 2.24) is 0 Å². The fourth-order valence-electron chi connectivity index (χ4n) is 2.40. The van der Waals surface area contributed by atoms with Gasteiger partial charge in [-0.3, -0.25) is 0 Å². The Bertz CT molecular complexity index is 146. The lowest BCUT2D eigenvalue weighted by atomic mass is 9.73. The van der Waals surface area contributed by atoms with Crippen LogP contribution in [0.5, 0.6) is 0 Å². The Morgan fingerprint density at radius 2 is 1.91 bits per heavy atom. The summed E-state index contributed by atoms with van der Waals surface area (Å²) in [5.74, 6) is 2.63. The molecule has 0 spiro atoms. The first-order valence-electron chi connectivity index (χ1n) is 4.76. The van der Waals surface area contributed by atoms with Gasteiger partial charge in [-0.2, -0.15) is 0 Å². The largest absolute Gasteiger partial charge is 0.0999 e. The van der Waals surface area contributed by atoms with Crippen LogP contribution in [0.15, 0.2) is 12.2 Å². The van der Waals surface area contributed by atoms with Gasteiger partial charge in [0.15, 0.2) is 0 Å². The third kappa shape index (κ3) is 2.08. The van der Waals surface area contributed by atoms with Gasteiger partial charge in [0, 0.05) is 0 Å². The summed E-state index contributed by atoms with van der Waals surface area (Å²) < 4.78 is 0. The molecule has 1 rings (SSSR count). The van der Waals surface area contributed by atoms with Gasteiger partial charge < -0.3 is 0 Å². The summed E-state index contributed by atoms with van der Waals surface area (Å²) >= 11 is 0. The smallest absolute Gasteiger partial charge is 0.0183 e. The lowest BCUT2D eigenvalue weighted by Crippen LogP contribution is -2.21. The first kappa shape index (κ1) is 8.83. The Morgan fingerprint density at radius 1 is 1.27 bits per heavy atom. The minimum Gasteiger partial charge on any atom is -0.0999 e. The van der Waals surface area contributed by atoms with Crippen LogP contribution in [0.4, 0.5) is 0 Å². The molecule has 0 aromatic heterocycles. The van der Waals surface area contributed by atoms with E-state index in [2.05, 4.69) is 27.4 Å². The molecule has 1 fully saturated rings. The summed E-state index contributed by atoms with van der Waals surface area (Å²) in [7, 11) is 0. The van der Waals surface area contributed by atoms with Crippen molar-refractivity contribution < 1.29 is 0 Å². The molecule has 0 heteroatoms. The van der Waals surface area contributed by atoms with Crippen molar-refractivity contribution in [2.45, 2.75) is 40.0 Å². The van der Waals surface area contributed by atoms with E-state index in [1.807, 2.05) is 0 Å². The molecule has 0 unspecified atom stereocenters. The molecular formula is C11H20. The average Bonchev–Trinajstić information content (AvgIpc) is 1.85. The zero-order chi connectivity index (χ0) is 8.43. The van der Waals surface area contributed by atoms with Crippen molar-refractivity contribution >= 4 is 0 Å². The number of hydrogen-bond donors (Lipinski definition) is 0. The van der Waals surface area contributed by atoms with Crippen molar-refractivity contribution in [3.8, 4) is 0 Å². The Morgan fingerprint density at radius 3 is 2.36 bits per heavy atom. The Kier molecular flexibility index (Phi) is 2.75. The maximum absolute atomic E-state index is 4.05. The van der Waals surface area contributed by atoms with E-state index < -0.39 is 0 Å². The highest BCUT2D eigenvalue weighted by Gasteiger charge is 2.25. The van der Waals surface area contributed by atoms with E-state index in [1.54, 1.807) is 0 Å². The molecule has 0 bridgehead atoms. The van der Waals surface area contributed by atoms with Crippen molar-refractivity contribution in [3.63, 3.8) is 0 Å². The molecule has 0 N–H and O–H groups in total. The van der Waals surface area contributed by atoms with Gasteiger partial charge in [0.2, 0.25) is 0 Å². The van der Waals surface area contributed by atoms with Crippen LogP contribution in [0, 0.1) is 17.8 Å². The second-order valence-electron chi connectivity index (χ2n) is 4.35. The van der Waals surface area contributed by atoms with Gasteiger partial charge in [0.05, 0.1) is 0 Å². The van der Waals surface area contributed by atoms with Gasteiger partial charge in [-0.15, -0.1) is 0 Å². The van der Waals surface area contributed by atoms with Gasteiger partial charge >= 0.3 is 0 Å². The number of hydrogen-bond acceptors (Lipinski definition) is 0. The van der Waals surface area contributed by atoms with E-state index in [-0.39, 0.29) is 0 Å². The summed E-state index contributed by atoms with van der Waals surface area (Å²) in [6, 6.07) is 0. The van der Waals surface area contributed by atoms with E-state index in [0.717, 1.165) is 17.8 Å². The molecule has 3 atom stereocenters. The third-order valence-electron chi connectivity index (χ3n) is 3.06. The second-order valence-corrected chi connectivity index (χ2v) is 4.35. The van der Waals surface area contributed by atoms with Crippen LogP contribution in [0.1, 0.15) is 40.0 Å². The molecule has 0 aliphatic heterocycles. The number of rotatable bonds is 1. The predicted molar refractivity (Wildman–Crippen MR) is 50.5 cm³/mol. The van der Waals surface area contributed by atoms with Crippen molar-refractivity contribution in [2.24, 2.45) is 17.8 Å². The van der Waals surface area contributed by atoms with Crippen molar-refractivity contribution in [3.05, 3.63) is 12.2 Å². The molecule has 1 aliphatic rings. The van der Waals surface area contributed by atoms with Crippen LogP contribution in [-0.4, -0.2) is 0 Å². The van der Waals surface area contributed by atoms with Crippen LogP contribution in [0.3, 0.4) is 0 Å². The molecule has 0 radical (unpaired) electrons. The van der Waals surface area contributed by atoms with Gasteiger partial charge in [0.25, 0.3) is 0 Å². The molecule has 0 saturated heterocycles. The molecule has 11 heavy (non-hydrogen) atoms. The SMILES string of the molecule is C=C(C)[C@H]1CC[C@H](C)C[C@@H]1C. The van der Waals surface area contributed by atoms with Crippen LogP contribution in [-0.2, 0) is 0 Å². The van der Waals surface area contributed by atoms with Gasteiger partial charge in [-0.1, -0.05) is 32.4 Å². The second kappa shape index (κ2) is 3.42. The quantitative estimate of drug-likeness (QED) is 0.503. The molecule has 64 valence electrons. The maximum Gasteiger partial charge on any atom is -0.0183 e. The van der Waals surface area contributed by atoms with Crippen LogP contribution >= 0.6 is 0 Å². The first-order chi connectivity index (χ1) is 5.11. The van der Waals surface area contributed by atoms with Crippen LogP contribution < -0.4 is 0 Å². The van der Waals surface area contributed by atoms with E-state index >= 15 is 0 Å². The van der Waals surface area contributed by atoms with Crippen LogP contribution in [0.2, 0.25) is 0 Å². The summed E-state index contributed by atoms with van der Waals surface area (Å²) in [6.07, 6.45) is 4.18. The van der Waals surface area contributed by atoms with E-state index in [9.17, 15) is 0 Å². The monoisotopic (exact) mass is 152 g/mol. The normalized spacial score (nSPS) is 38.6. The first-order valence-corrected chi connectivity index (χ1v) is 4.76. The highest BCUT2D eigenvalue weighted by molar-refractivity contribution is 5.00. The lowest BCUT2D eigenvalue weighted by molar-refractivity contribution is 0.233. The summed E-state index contributed by atoms with van der Waals surface area (Å²) in [4.78, 5) is 0. The van der Waals surface area contributed by atoms with E-state index in [4.69, 9.17) is 0 Å². The van der Waals surface area contributed by atoms with Crippen molar-refractivity contribution in [1.29, 1.82) is 0 Å². The standard InChI is InChI=1S/C11H20/c1-8(2)11-6-5-9(3)7-10(11)4/h9-11H,1,5-7H2,2-4H3/t9-,10-,11+/m0/s1. The lowest BCUT2D eigenvalue weighted by Gasteiger charge is -2.32. The predicted octanol–water partition coefficient (Wildman–Crippen LogP) is 3.63. The van der Waals surface area contributed by atoms with Crippen LogP contribution in [0.25, 0.3) is 0 Å². The minimum atomic E-state index is 0.811. The highest BCUT2D eigenvalue weighted by atomic mass is 14.3. The topological polar surface area (TPSA) is 0 Å². The zero-order valence-electron chi connectivity index (χ0n) is 8.06. The molecule has 1 aliphatic carbocycles. The maximum atomic E-state index is 4.05. The molecular weight excluding hydrogens is 132 g/mol. The highest BCUT2D eigenvalue weighted by Crippen LogP contribution is 2.36. The van der Waals surface area contributed by atoms with Crippen molar-refractivity contribution in [2.75, 3.05) is 0 Å². The molecule has 0 heterocycles. The summed E-state index contributed by atoms with van der Waals surface area (Å²) in [5.41, 5.74) is 1.39. The third-order valence-corrected chi connectivity index (χ3v) is 3.06. The van der Waals surface area contributed by atoms with E-state index in [0.29, 0.717) is 0 Å². The molecule has 0 aromatic rings. The fourth-order valence-corrected chi connectivity index (χ4v) is 2.40. The Labute approximate surface area is 70.7 Å². The summed E-state index contributed by atoms with van der Waals surface area (Å²) in [5, 5.41) is 0. The minimum absolute atomic E-state index is 0.811. The molecule has 0 aromatic carbocycles. The van der Waals surface area contributed by atoms with Gasteiger partial charge in [-0.05, 0) is 37.5 Å². The summed E-state index contributed by atoms with van der Waals surface area (Å²) in [6.45, 7) is 11.0. The zero-order valence-corrected chi connectivity index (χ0v) is 8.06. The fraction of sp³-hybridized carbons (Fsp3) is 0.818.